The number of carboxylic acid groups (broad SMARTS) is 1. The van der Waals surface area contributed by atoms with E-state index < -0.39 is 0 Å². The minimum atomic E-state index is -0.250. The number of unbranched alkanes of at least 4 members (excludes halogenated alkanes) is 1. The molecule has 0 aliphatic rings. The Morgan fingerprint density at radius 3 is 2.14 bits per heavy atom. The highest BCUT2D eigenvalue weighted by Crippen LogP contribution is 2.16. The van der Waals surface area contributed by atoms with E-state index in [9.17, 15) is 4.79 Å². The molecule has 22 heavy (non-hydrogen) atoms. The van der Waals surface area contributed by atoms with Gasteiger partial charge in [-0.3, -0.25) is 14.7 Å². The van der Waals surface area contributed by atoms with Gasteiger partial charge in [0.2, 0.25) is 0 Å². The molecule has 0 aliphatic heterocycles. The number of nitrogens with two attached hydrogens (primary N) is 1. The number of hydrogen-bond acceptors (Lipinski definition) is 5. The number of esters is 1. The summed E-state index contributed by atoms with van der Waals surface area (Å²) < 4.78 is 4.97. The fraction of sp³-hybridized carbons (Fsp3) is 0.750. The molecular weight excluding hydrogens is 302 g/mol. The van der Waals surface area contributed by atoms with Crippen molar-refractivity contribution in [3.05, 3.63) is 12.7 Å². The van der Waals surface area contributed by atoms with E-state index in [-0.39, 0.29) is 23.1 Å². The van der Waals surface area contributed by atoms with Crippen LogP contribution < -0.4 is 5.14 Å². The summed E-state index contributed by atoms with van der Waals surface area (Å²) in [5.74, 6) is 0.0286. The molecule has 0 heterocycles. The second kappa shape index (κ2) is 18.0. The van der Waals surface area contributed by atoms with E-state index in [1.54, 1.807) is 0 Å². The van der Waals surface area contributed by atoms with Crippen LogP contribution in [0.4, 0.5) is 0 Å². The Morgan fingerprint density at radius 2 is 1.86 bits per heavy atom. The standard InChI is InChI=1S/C11H20O2.C4H11NS.CH2O2/c1-4-6-7-9-10(8-5-2)11(12)13-3;1-4(2,3)6-5;2-1-3/h4,10H,1,5-9H2,2-3H3;5H2,1-3H3;1H,(H,2,3). The van der Waals surface area contributed by atoms with E-state index in [1.165, 1.54) is 19.1 Å². The van der Waals surface area contributed by atoms with Crippen LogP contribution in [-0.4, -0.2) is 29.4 Å². The van der Waals surface area contributed by atoms with Gasteiger partial charge in [-0.05, 0) is 46.5 Å². The monoisotopic (exact) mass is 335 g/mol. The molecular formula is C16H33NO4S. The molecule has 0 spiro atoms. The van der Waals surface area contributed by atoms with Gasteiger partial charge in [0, 0.05) is 4.75 Å². The summed E-state index contributed by atoms with van der Waals surface area (Å²) in [6.45, 7) is 11.7. The third kappa shape index (κ3) is 24.0. The van der Waals surface area contributed by atoms with Crippen molar-refractivity contribution in [1.29, 1.82) is 0 Å². The molecule has 0 saturated carbocycles. The van der Waals surface area contributed by atoms with E-state index in [4.69, 9.17) is 19.8 Å². The minimum absolute atomic E-state index is 0.0640. The van der Waals surface area contributed by atoms with Crippen molar-refractivity contribution >= 4 is 24.4 Å². The van der Waals surface area contributed by atoms with Crippen LogP contribution in [0.5, 0.6) is 0 Å². The summed E-state index contributed by atoms with van der Waals surface area (Å²) in [5.41, 5.74) is 0. The molecule has 0 saturated heterocycles. The van der Waals surface area contributed by atoms with Crippen molar-refractivity contribution in [2.45, 2.75) is 64.5 Å². The number of rotatable bonds is 7. The van der Waals surface area contributed by atoms with Gasteiger partial charge in [-0.15, -0.1) is 6.58 Å². The minimum Gasteiger partial charge on any atom is -0.483 e. The Labute approximate surface area is 139 Å². The van der Waals surface area contributed by atoms with Crippen molar-refractivity contribution < 1.29 is 19.4 Å². The smallest absolute Gasteiger partial charge is 0.308 e. The van der Waals surface area contributed by atoms with Gasteiger partial charge in [0.15, 0.2) is 0 Å². The highest BCUT2D eigenvalue weighted by molar-refractivity contribution is 7.98. The SMILES string of the molecule is C=CCCCC(CCC)C(=O)OC.CC(C)(C)SN.O=CO. The van der Waals surface area contributed by atoms with Gasteiger partial charge in [0.05, 0.1) is 13.0 Å². The first-order valence-corrected chi connectivity index (χ1v) is 8.26. The summed E-state index contributed by atoms with van der Waals surface area (Å²) in [5, 5.41) is 12.1. The molecule has 0 aromatic carbocycles. The van der Waals surface area contributed by atoms with Crippen LogP contribution in [0, 0.1) is 5.92 Å². The Morgan fingerprint density at radius 1 is 1.41 bits per heavy atom. The second-order valence-electron chi connectivity index (χ2n) is 5.56. The molecule has 3 N–H and O–H groups in total. The van der Waals surface area contributed by atoms with Gasteiger partial charge >= 0.3 is 5.97 Å². The molecule has 1 atom stereocenters. The van der Waals surface area contributed by atoms with Crippen LogP contribution in [0.3, 0.4) is 0 Å². The summed E-state index contributed by atoms with van der Waals surface area (Å²) >= 11 is 1.38. The first kappa shape index (κ1) is 25.9. The van der Waals surface area contributed by atoms with Gasteiger partial charge in [-0.1, -0.05) is 31.4 Å². The maximum Gasteiger partial charge on any atom is 0.308 e. The normalized spacial score (nSPS) is 11.0. The topological polar surface area (TPSA) is 89.6 Å². The molecule has 0 amide bonds. The first-order chi connectivity index (χ1) is 10.2. The van der Waals surface area contributed by atoms with E-state index in [1.807, 2.05) is 6.08 Å². The predicted octanol–water partition coefficient (Wildman–Crippen LogP) is 4.02. The fourth-order valence-corrected chi connectivity index (χ4v) is 1.40. The number of allylic oxidation sites excluding steroid dienone is 1. The summed E-state index contributed by atoms with van der Waals surface area (Å²) in [4.78, 5) is 19.6. The second-order valence-corrected chi connectivity index (χ2v) is 7.02. The van der Waals surface area contributed by atoms with Crippen LogP contribution in [0.1, 0.15) is 59.8 Å². The largest absolute Gasteiger partial charge is 0.483 e. The molecule has 0 rings (SSSR count). The summed E-state index contributed by atoms with van der Waals surface area (Å²) in [6.07, 6.45) is 6.80. The quantitative estimate of drug-likeness (QED) is 0.240. The van der Waals surface area contributed by atoms with Crippen molar-refractivity contribution in [3.8, 4) is 0 Å². The molecule has 0 bridgehead atoms. The van der Waals surface area contributed by atoms with Crippen molar-refractivity contribution in [3.63, 3.8) is 0 Å². The van der Waals surface area contributed by atoms with Crippen LogP contribution in [0.25, 0.3) is 0 Å². The Bertz CT molecular complexity index is 278. The average Bonchev–Trinajstić information content (AvgIpc) is 2.46. The van der Waals surface area contributed by atoms with Gasteiger partial charge in [-0.2, -0.15) is 0 Å². The van der Waals surface area contributed by atoms with Crippen LogP contribution >= 0.6 is 11.9 Å². The first-order valence-electron chi connectivity index (χ1n) is 7.38. The molecule has 0 fully saturated rings. The lowest BCUT2D eigenvalue weighted by molar-refractivity contribution is -0.146. The Hall–Kier alpha value is -1.01. The van der Waals surface area contributed by atoms with Gasteiger partial charge in [0.1, 0.15) is 0 Å². The number of hydrogen-bond donors (Lipinski definition) is 2. The zero-order valence-corrected chi connectivity index (χ0v) is 15.4. The Kier molecular flexibility index (Phi) is 21.3. The maximum absolute atomic E-state index is 11.2. The highest BCUT2D eigenvalue weighted by atomic mass is 32.2. The van der Waals surface area contributed by atoms with E-state index >= 15 is 0 Å². The van der Waals surface area contributed by atoms with Crippen molar-refractivity contribution in [2.75, 3.05) is 7.11 Å². The van der Waals surface area contributed by atoms with Crippen LogP contribution in [-0.2, 0) is 14.3 Å². The predicted molar refractivity (Wildman–Crippen MR) is 94.7 cm³/mol. The van der Waals surface area contributed by atoms with Gasteiger partial charge in [0.25, 0.3) is 6.47 Å². The van der Waals surface area contributed by atoms with Gasteiger partial charge in [-0.25, -0.2) is 0 Å². The molecule has 5 nitrogen and oxygen atoms in total. The lowest BCUT2D eigenvalue weighted by atomic mass is 9.97. The highest BCUT2D eigenvalue weighted by Gasteiger charge is 2.16. The number of ether oxygens (including phenoxy) is 1. The molecule has 0 radical (unpaired) electrons. The van der Waals surface area contributed by atoms with Gasteiger partial charge < -0.3 is 9.84 Å². The van der Waals surface area contributed by atoms with Crippen LogP contribution in [0.2, 0.25) is 0 Å². The van der Waals surface area contributed by atoms with Crippen LogP contribution in [0.15, 0.2) is 12.7 Å². The third-order valence-electron chi connectivity index (χ3n) is 2.49. The van der Waals surface area contributed by atoms with E-state index in [0.29, 0.717) is 0 Å². The zero-order valence-electron chi connectivity index (χ0n) is 14.6. The maximum atomic E-state index is 11.2. The lowest BCUT2D eigenvalue weighted by Crippen LogP contribution is -2.15. The number of methoxy groups -OCH3 is 1. The summed E-state index contributed by atoms with van der Waals surface area (Å²) in [6, 6.07) is 0. The van der Waals surface area contributed by atoms with Crippen molar-refractivity contribution in [2.24, 2.45) is 11.1 Å². The molecule has 0 aromatic rings. The molecule has 132 valence electrons. The Balaban J connectivity index is -0.000000333. The molecule has 6 heteroatoms. The average molecular weight is 336 g/mol. The van der Waals surface area contributed by atoms with E-state index in [0.717, 1.165) is 32.1 Å². The third-order valence-corrected chi connectivity index (χ3v) is 3.19. The summed E-state index contributed by atoms with van der Waals surface area (Å²) in [7, 11) is 1.46. The van der Waals surface area contributed by atoms with Crippen molar-refractivity contribution in [1.82, 2.24) is 0 Å². The number of carbonyl (C=O) groups excluding carboxylic acids is 1. The zero-order chi connectivity index (χ0) is 18.0. The number of carbonyl (C=O) groups is 2. The fourth-order valence-electron chi connectivity index (χ4n) is 1.40. The molecule has 0 aromatic heterocycles. The van der Waals surface area contributed by atoms with E-state index in [2.05, 4.69) is 34.3 Å². The molecule has 0 aliphatic carbocycles. The lowest BCUT2D eigenvalue weighted by Gasteiger charge is -2.12. The molecule has 1 unspecified atom stereocenters.